The molecule has 1 atom stereocenters. The van der Waals surface area contributed by atoms with E-state index in [9.17, 15) is 9.59 Å². The average molecular weight is 335 g/mol. The van der Waals surface area contributed by atoms with Gasteiger partial charge in [0, 0.05) is 45.7 Å². The minimum atomic E-state index is -0.0492. The first-order valence-corrected chi connectivity index (χ1v) is 9.96. The van der Waals surface area contributed by atoms with E-state index in [1.54, 1.807) is 0 Å². The summed E-state index contributed by atoms with van der Waals surface area (Å²) in [7, 11) is 0. The van der Waals surface area contributed by atoms with Gasteiger partial charge in [-0.1, -0.05) is 25.7 Å². The molecule has 3 fully saturated rings. The van der Waals surface area contributed by atoms with Gasteiger partial charge in [-0.15, -0.1) is 0 Å². The van der Waals surface area contributed by atoms with E-state index < -0.39 is 0 Å². The van der Waals surface area contributed by atoms with E-state index in [1.807, 2.05) is 11.8 Å². The van der Waals surface area contributed by atoms with Crippen molar-refractivity contribution >= 4 is 11.8 Å². The van der Waals surface area contributed by atoms with E-state index in [-0.39, 0.29) is 11.9 Å². The second kappa shape index (κ2) is 8.32. The molecule has 5 heteroatoms. The van der Waals surface area contributed by atoms with Crippen LogP contribution in [-0.4, -0.2) is 71.8 Å². The van der Waals surface area contributed by atoms with Crippen LogP contribution in [0.5, 0.6) is 0 Å². The Bertz CT molecular complexity index is 434. The van der Waals surface area contributed by atoms with Crippen molar-refractivity contribution in [1.29, 1.82) is 0 Å². The van der Waals surface area contributed by atoms with Crippen LogP contribution in [0, 0.1) is 5.92 Å². The van der Waals surface area contributed by atoms with E-state index in [2.05, 4.69) is 9.80 Å². The highest BCUT2D eigenvalue weighted by Crippen LogP contribution is 2.33. The fourth-order valence-corrected chi connectivity index (χ4v) is 3.96. The van der Waals surface area contributed by atoms with Crippen LogP contribution >= 0.6 is 0 Å². The monoisotopic (exact) mass is 335 g/mol. The number of likely N-dealkylation sites (tertiary alicyclic amines) is 1. The van der Waals surface area contributed by atoms with Crippen LogP contribution in [0.25, 0.3) is 0 Å². The second-order valence-corrected chi connectivity index (χ2v) is 7.81. The van der Waals surface area contributed by atoms with Gasteiger partial charge in [0.25, 0.3) is 0 Å². The number of nitrogens with zero attached hydrogens (tertiary/aromatic N) is 3. The summed E-state index contributed by atoms with van der Waals surface area (Å²) >= 11 is 0. The van der Waals surface area contributed by atoms with E-state index in [4.69, 9.17) is 0 Å². The van der Waals surface area contributed by atoms with Crippen LogP contribution in [0.2, 0.25) is 0 Å². The summed E-state index contributed by atoms with van der Waals surface area (Å²) in [6.07, 6.45) is 9.20. The number of carbonyl (C=O) groups excluding carboxylic acids is 2. The van der Waals surface area contributed by atoms with Crippen LogP contribution in [-0.2, 0) is 9.59 Å². The second-order valence-electron chi connectivity index (χ2n) is 7.81. The molecule has 1 saturated carbocycles. The number of hydrogen-bond acceptors (Lipinski definition) is 3. The molecule has 0 aromatic rings. The summed E-state index contributed by atoms with van der Waals surface area (Å²) in [5.74, 6) is 1.42. The molecule has 136 valence electrons. The lowest BCUT2D eigenvalue weighted by atomic mass is 10.1. The van der Waals surface area contributed by atoms with Crippen molar-refractivity contribution in [2.24, 2.45) is 5.92 Å². The highest BCUT2D eigenvalue weighted by molar-refractivity contribution is 5.81. The van der Waals surface area contributed by atoms with Crippen molar-refractivity contribution in [3.63, 3.8) is 0 Å². The number of hydrogen-bond donors (Lipinski definition) is 0. The smallest absolute Gasteiger partial charge is 0.239 e. The maximum absolute atomic E-state index is 12.8. The summed E-state index contributed by atoms with van der Waals surface area (Å²) in [4.78, 5) is 31.3. The number of amides is 2. The highest BCUT2D eigenvalue weighted by Gasteiger charge is 2.30. The van der Waals surface area contributed by atoms with Crippen LogP contribution in [0.3, 0.4) is 0 Å². The van der Waals surface area contributed by atoms with Gasteiger partial charge in [0.1, 0.15) is 0 Å². The molecule has 2 amide bonds. The van der Waals surface area contributed by atoms with Crippen molar-refractivity contribution in [3.05, 3.63) is 0 Å². The zero-order chi connectivity index (χ0) is 16.9. The van der Waals surface area contributed by atoms with Gasteiger partial charge in [0.05, 0.1) is 6.04 Å². The lowest BCUT2D eigenvalue weighted by Crippen LogP contribution is -2.55. The fraction of sp³-hybridized carbons (Fsp3) is 0.895. The molecule has 2 saturated heterocycles. The van der Waals surface area contributed by atoms with E-state index in [0.29, 0.717) is 12.3 Å². The molecule has 3 rings (SSSR count). The Morgan fingerprint density at radius 1 is 0.875 bits per heavy atom. The molecule has 0 radical (unpaired) electrons. The van der Waals surface area contributed by atoms with Crippen molar-refractivity contribution in [1.82, 2.24) is 14.7 Å². The van der Waals surface area contributed by atoms with Crippen LogP contribution in [0.15, 0.2) is 0 Å². The molecule has 0 N–H and O–H groups in total. The lowest BCUT2D eigenvalue weighted by molar-refractivity contribution is -0.138. The van der Waals surface area contributed by atoms with Gasteiger partial charge in [-0.05, 0) is 32.1 Å². The van der Waals surface area contributed by atoms with Gasteiger partial charge in [-0.3, -0.25) is 14.5 Å². The summed E-state index contributed by atoms with van der Waals surface area (Å²) in [5.41, 5.74) is 0. The predicted molar refractivity (Wildman–Crippen MR) is 94.6 cm³/mol. The van der Waals surface area contributed by atoms with Gasteiger partial charge < -0.3 is 9.80 Å². The third-order valence-electron chi connectivity index (χ3n) is 5.95. The Balaban J connectivity index is 1.42. The molecule has 0 aromatic heterocycles. The van der Waals surface area contributed by atoms with Crippen LogP contribution in [0.4, 0.5) is 0 Å². The van der Waals surface area contributed by atoms with Gasteiger partial charge in [-0.25, -0.2) is 0 Å². The predicted octanol–water partition coefficient (Wildman–Crippen LogP) is 2.11. The maximum atomic E-state index is 12.8. The minimum Gasteiger partial charge on any atom is -0.341 e. The Hall–Kier alpha value is -1.10. The Morgan fingerprint density at radius 3 is 2.08 bits per heavy atom. The molecule has 1 unspecified atom stereocenters. The molecule has 24 heavy (non-hydrogen) atoms. The third kappa shape index (κ3) is 4.71. The molecule has 1 aliphatic carbocycles. The van der Waals surface area contributed by atoms with Crippen LogP contribution in [0.1, 0.15) is 58.3 Å². The van der Waals surface area contributed by atoms with E-state index >= 15 is 0 Å². The summed E-state index contributed by atoms with van der Waals surface area (Å²) in [5, 5.41) is 0. The standard InChI is InChI=1S/C19H33N3O2/c1-16(19(24)22-10-4-2-3-5-11-22)20-12-14-21(15-13-20)18(23)9-8-17-6-7-17/h16-17H,2-15H2,1H3. The molecule has 0 spiro atoms. The first kappa shape index (κ1) is 17.7. The molecule has 2 aliphatic heterocycles. The van der Waals surface area contributed by atoms with Crippen molar-refractivity contribution in [2.75, 3.05) is 39.3 Å². The fourth-order valence-electron chi connectivity index (χ4n) is 3.96. The zero-order valence-electron chi connectivity index (χ0n) is 15.2. The highest BCUT2D eigenvalue weighted by atomic mass is 16.2. The molecule has 2 heterocycles. The number of carbonyl (C=O) groups is 2. The normalized spacial score (nSPS) is 24.5. The summed E-state index contributed by atoms with van der Waals surface area (Å²) < 4.78 is 0. The minimum absolute atomic E-state index is 0.0492. The largest absolute Gasteiger partial charge is 0.341 e. The van der Waals surface area contributed by atoms with Crippen molar-refractivity contribution < 1.29 is 9.59 Å². The molecule has 3 aliphatic rings. The van der Waals surface area contributed by atoms with E-state index in [1.165, 1.54) is 25.7 Å². The molecule has 0 aromatic carbocycles. The molecule has 0 bridgehead atoms. The first-order valence-electron chi connectivity index (χ1n) is 9.96. The third-order valence-corrected chi connectivity index (χ3v) is 5.95. The Labute approximate surface area is 146 Å². The Kier molecular flexibility index (Phi) is 6.14. The van der Waals surface area contributed by atoms with E-state index in [0.717, 1.165) is 64.4 Å². The lowest BCUT2D eigenvalue weighted by Gasteiger charge is -2.39. The van der Waals surface area contributed by atoms with Crippen molar-refractivity contribution in [2.45, 2.75) is 64.3 Å². The SMILES string of the molecule is CC(C(=O)N1CCCCCC1)N1CCN(C(=O)CCC2CC2)CC1. The summed E-state index contributed by atoms with van der Waals surface area (Å²) in [6, 6.07) is -0.0492. The van der Waals surface area contributed by atoms with Crippen molar-refractivity contribution in [3.8, 4) is 0 Å². The zero-order valence-corrected chi connectivity index (χ0v) is 15.2. The van der Waals surface area contributed by atoms with Gasteiger partial charge in [0.2, 0.25) is 11.8 Å². The van der Waals surface area contributed by atoms with Crippen LogP contribution < -0.4 is 0 Å². The number of rotatable bonds is 5. The maximum Gasteiger partial charge on any atom is 0.239 e. The van der Waals surface area contributed by atoms with Gasteiger partial charge in [0.15, 0.2) is 0 Å². The molecule has 5 nitrogen and oxygen atoms in total. The molecular formula is C19H33N3O2. The average Bonchev–Trinajstić information content (AvgIpc) is 3.45. The quantitative estimate of drug-likeness (QED) is 0.773. The topological polar surface area (TPSA) is 43.9 Å². The summed E-state index contributed by atoms with van der Waals surface area (Å²) in [6.45, 7) is 7.09. The first-order chi connectivity index (χ1) is 11.6. The number of piperazine rings is 1. The van der Waals surface area contributed by atoms with Gasteiger partial charge >= 0.3 is 0 Å². The van der Waals surface area contributed by atoms with Gasteiger partial charge in [-0.2, -0.15) is 0 Å². The molecular weight excluding hydrogens is 302 g/mol. The Morgan fingerprint density at radius 2 is 1.50 bits per heavy atom.